The largest absolute Gasteiger partial charge is 0.335 e. The summed E-state index contributed by atoms with van der Waals surface area (Å²) in [5.41, 5.74) is 1.30. The Morgan fingerprint density at radius 1 is 1.21 bits per heavy atom. The molecule has 0 bridgehead atoms. The summed E-state index contributed by atoms with van der Waals surface area (Å²) in [6.07, 6.45) is 1.97. The smallest absolute Gasteiger partial charge is 0.319 e. The minimum atomic E-state index is -0.235. The van der Waals surface area contributed by atoms with Crippen LogP contribution in [-0.4, -0.2) is 18.0 Å². The van der Waals surface area contributed by atoms with Crippen molar-refractivity contribution in [3.05, 3.63) is 24.3 Å². The fourth-order valence-corrected chi connectivity index (χ4v) is 1.77. The van der Waals surface area contributed by atoms with E-state index >= 15 is 0 Å². The normalized spacial score (nSPS) is 11.5. The Kier molecular flexibility index (Phi) is 5.85. The predicted octanol–water partition coefficient (Wildman–Crippen LogP) is 2.96. The molecule has 3 amide bonds. The first-order valence-electron chi connectivity index (χ1n) is 6.46. The van der Waals surface area contributed by atoms with E-state index in [-0.39, 0.29) is 18.0 Å². The van der Waals surface area contributed by atoms with Gasteiger partial charge in [0.1, 0.15) is 0 Å². The van der Waals surface area contributed by atoms with Gasteiger partial charge in [0.25, 0.3) is 0 Å². The molecule has 5 nitrogen and oxygen atoms in total. The number of hydrogen-bond donors (Lipinski definition) is 3. The number of amides is 3. The lowest BCUT2D eigenvalue weighted by Crippen LogP contribution is -2.35. The van der Waals surface area contributed by atoms with E-state index in [0.29, 0.717) is 11.4 Å². The lowest BCUT2D eigenvalue weighted by molar-refractivity contribution is -0.114. The monoisotopic (exact) mass is 263 g/mol. The van der Waals surface area contributed by atoms with Gasteiger partial charge in [0.05, 0.1) is 0 Å². The van der Waals surface area contributed by atoms with Crippen LogP contribution in [0.4, 0.5) is 16.2 Å². The minimum Gasteiger partial charge on any atom is -0.335 e. The van der Waals surface area contributed by atoms with Crippen LogP contribution in [0.1, 0.15) is 33.6 Å². The molecule has 0 aliphatic heterocycles. The highest BCUT2D eigenvalue weighted by atomic mass is 16.2. The van der Waals surface area contributed by atoms with Crippen molar-refractivity contribution >= 4 is 23.3 Å². The molecule has 5 heteroatoms. The first kappa shape index (κ1) is 15.0. The summed E-state index contributed by atoms with van der Waals surface area (Å²) in [6.45, 7) is 5.49. The molecule has 0 saturated heterocycles. The molecule has 1 atom stereocenters. The molecular formula is C14H21N3O2. The van der Waals surface area contributed by atoms with E-state index < -0.39 is 0 Å². The molecule has 1 unspecified atom stereocenters. The summed E-state index contributed by atoms with van der Waals surface area (Å²) in [5.74, 6) is -0.141. The third kappa shape index (κ3) is 5.90. The van der Waals surface area contributed by atoms with Gasteiger partial charge in [0.15, 0.2) is 0 Å². The molecule has 104 valence electrons. The lowest BCUT2D eigenvalue weighted by atomic mass is 10.2. The van der Waals surface area contributed by atoms with Gasteiger partial charge in [-0.25, -0.2) is 4.79 Å². The van der Waals surface area contributed by atoms with Gasteiger partial charge in [-0.15, -0.1) is 0 Å². The number of urea groups is 1. The number of nitrogens with one attached hydrogen (secondary N) is 3. The van der Waals surface area contributed by atoms with Gasteiger partial charge in [-0.2, -0.15) is 0 Å². The van der Waals surface area contributed by atoms with Gasteiger partial charge in [0.2, 0.25) is 5.91 Å². The topological polar surface area (TPSA) is 70.2 Å². The van der Waals surface area contributed by atoms with Crippen molar-refractivity contribution in [2.75, 3.05) is 10.6 Å². The van der Waals surface area contributed by atoms with Gasteiger partial charge < -0.3 is 16.0 Å². The van der Waals surface area contributed by atoms with Crippen LogP contribution in [0.15, 0.2) is 24.3 Å². The molecule has 0 heterocycles. The van der Waals surface area contributed by atoms with E-state index in [4.69, 9.17) is 0 Å². The maximum atomic E-state index is 11.7. The average molecular weight is 263 g/mol. The maximum Gasteiger partial charge on any atom is 0.319 e. The molecular weight excluding hydrogens is 242 g/mol. The minimum absolute atomic E-state index is 0.141. The molecule has 0 radical (unpaired) electrons. The molecule has 1 rings (SSSR count). The van der Waals surface area contributed by atoms with Crippen molar-refractivity contribution in [1.82, 2.24) is 5.32 Å². The van der Waals surface area contributed by atoms with E-state index in [1.807, 2.05) is 6.92 Å². The Hall–Kier alpha value is -2.04. The zero-order valence-corrected chi connectivity index (χ0v) is 11.6. The fourth-order valence-electron chi connectivity index (χ4n) is 1.77. The van der Waals surface area contributed by atoms with Gasteiger partial charge in [-0.1, -0.05) is 19.4 Å². The molecule has 0 spiro atoms. The van der Waals surface area contributed by atoms with Crippen LogP contribution in [0.2, 0.25) is 0 Å². The highest BCUT2D eigenvalue weighted by molar-refractivity contribution is 5.92. The van der Waals surface area contributed by atoms with Crippen LogP contribution < -0.4 is 16.0 Å². The van der Waals surface area contributed by atoms with Gasteiger partial charge in [-0.05, 0) is 31.5 Å². The molecule has 0 aliphatic carbocycles. The summed E-state index contributed by atoms with van der Waals surface area (Å²) in [5, 5.41) is 8.26. The van der Waals surface area contributed by atoms with Crippen molar-refractivity contribution in [2.24, 2.45) is 0 Å². The van der Waals surface area contributed by atoms with Crippen LogP contribution in [-0.2, 0) is 4.79 Å². The lowest BCUT2D eigenvalue weighted by Gasteiger charge is -2.14. The molecule has 0 aliphatic rings. The van der Waals surface area contributed by atoms with Gasteiger partial charge in [-0.3, -0.25) is 4.79 Å². The standard InChI is InChI=1S/C14H21N3O2/c1-4-6-10(2)15-14(19)17-13-8-5-7-12(9-13)16-11(3)18/h5,7-10H,4,6H2,1-3H3,(H,16,18)(H2,15,17,19). The van der Waals surface area contributed by atoms with Crippen molar-refractivity contribution in [2.45, 2.75) is 39.7 Å². The van der Waals surface area contributed by atoms with Crippen LogP contribution in [0.3, 0.4) is 0 Å². The maximum absolute atomic E-state index is 11.7. The van der Waals surface area contributed by atoms with E-state index in [9.17, 15) is 9.59 Å². The highest BCUT2D eigenvalue weighted by Gasteiger charge is 2.06. The van der Waals surface area contributed by atoms with Crippen molar-refractivity contribution in [3.63, 3.8) is 0 Å². The molecule has 0 aromatic heterocycles. The average Bonchev–Trinajstić information content (AvgIpc) is 2.28. The molecule has 1 aromatic carbocycles. The highest BCUT2D eigenvalue weighted by Crippen LogP contribution is 2.14. The van der Waals surface area contributed by atoms with E-state index in [0.717, 1.165) is 12.8 Å². The molecule has 0 saturated carbocycles. The zero-order chi connectivity index (χ0) is 14.3. The summed E-state index contributed by atoms with van der Waals surface area (Å²) < 4.78 is 0. The third-order valence-corrected chi connectivity index (χ3v) is 2.54. The Morgan fingerprint density at radius 3 is 2.42 bits per heavy atom. The second kappa shape index (κ2) is 7.41. The summed E-state index contributed by atoms with van der Waals surface area (Å²) in [7, 11) is 0. The number of carbonyl (C=O) groups excluding carboxylic acids is 2. The predicted molar refractivity (Wildman–Crippen MR) is 77.3 cm³/mol. The quantitative estimate of drug-likeness (QED) is 0.764. The molecule has 3 N–H and O–H groups in total. The van der Waals surface area contributed by atoms with E-state index in [1.54, 1.807) is 24.3 Å². The third-order valence-electron chi connectivity index (χ3n) is 2.54. The Bertz CT molecular complexity index is 446. The first-order chi connectivity index (χ1) is 9.01. The van der Waals surface area contributed by atoms with Crippen LogP contribution in [0.25, 0.3) is 0 Å². The van der Waals surface area contributed by atoms with E-state index in [2.05, 4.69) is 22.9 Å². The number of hydrogen-bond acceptors (Lipinski definition) is 2. The van der Waals surface area contributed by atoms with Crippen LogP contribution in [0.5, 0.6) is 0 Å². The zero-order valence-electron chi connectivity index (χ0n) is 11.6. The number of carbonyl (C=O) groups is 2. The molecule has 1 aromatic rings. The SMILES string of the molecule is CCCC(C)NC(=O)Nc1cccc(NC(C)=O)c1. The Morgan fingerprint density at radius 2 is 1.84 bits per heavy atom. The second-order valence-corrected chi connectivity index (χ2v) is 4.55. The number of rotatable bonds is 5. The summed E-state index contributed by atoms with van der Waals surface area (Å²) >= 11 is 0. The molecule has 0 fully saturated rings. The van der Waals surface area contributed by atoms with Gasteiger partial charge in [0, 0.05) is 24.3 Å². The van der Waals surface area contributed by atoms with Crippen molar-refractivity contribution in [1.29, 1.82) is 0 Å². The summed E-state index contributed by atoms with van der Waals surface area (Å²) in [4.78, 5) is 22.7. The first-order valence-corrected chi connectivity index (χ1v) is 6.46. The summed E-state index contributed by atoms with van der Waals surface area (Å²) in [6, 6.07) is 6.94. The fraction of sp³-hybridized carbons (Fsp3) is 0.429. The molecule has 19 heavy (non-hydrogen) atoms. The van der Waals surface area contributed by atoms with Crippen molar-refractivity contribution in [3.8, 4) is 0 Å². The Balaban J connectivity index is 2.56. The Labute approximate surface area is 113 Å². The number of benzene rings is 1. The van der Waals surface area contributed by atoms with Crippen LogP contribution >= 0.6 is 0 Å². The van der Waals surface area contributed by atoms with Gasteiger partial charge >= 0.3 is 6.03 Å². The van der Waals surface area contributed by atoms with Crippen LogP contribution in [0, 0.1) is 0 Å². The van der Waals surface area contributed by atoms with Crippen molar-refractivity contribution < 1.29 is 9.59 Å². The second-order valence-electron chi connectivity index (χ2n) is 4.55. The van der Waals surface area contributed by atoms with E-state index in [1.165, 1.54) is 6.92 Å². The number of anilines is 2.